The van der Waals surface area contributed by atoms with Crippen LogP contribution in [-0.2, 0) is 9.47 Å². The smallest absolute Gasteiger partial charge is 0.422 e. The Hall–Kier alpha value is -2.78. The van der Waals surface area contributed by atoms with Crippen molar-refractivity contribution in [1.82, 2.24) is 9.55 Å². The number of hydrogen-bond donors (Lipinski definition) is 2. The summed E-state index contributed by atoms with van der Waals surface area (Å²) >= 11 is 0. The molecule has 0 radical (unpaired) electrons. The molecule has 1 heterocycles. The van der Waals surface area contributed by atoms with Gasteiger partial charge in [0.2, 0.25) is 5.95 Å². The third-order valence-corrected chi connectivity index (χ3v) is 2.54. The van der Waals surface area contributed by atoms with E-state index < -0.39 is 24.9 Å². The third kappa shape index (κ3) is 3.45. The molecule has 0 unspecified atom stereocenters. The number of carbonyl (C=O) groups excluding carboxylic acids is 1. The number of anilines is 1. The number of alkyl halides is 3. The number of rotatable bonds is 2. The van der Waals surface area contributed by atoms with Gasteiger partial charge in [0.25, 0.3) is 6.02 Å². The van der Waals surface area contributed by atoms with Crippen molar-refractivity contribution in [2.75, 3.05) is 19.0 Å². The van der Waals surface area contributed by atoms with E-state index >= 15 is 0 Å². The van der Waals surface area contributed by atoms with Crippen molar-refractivity contribution in [2.45, 2.75) is 6.18 Å². The lowest BCUT2D eigenvalue weighted by Crippen LogP contribution is -2.25. The van der Waals surface area contributed by atoms with Gasteiger partial charge in [-0.05, 0) is 12.1 Å². The molecule has 1 aromatic heterocycles. The maximum atomic E-state index is 12.2. The summed E-state index contributed by atoms with van der Waals surface area (Å²) in [6.07, 6.45) is -5.46. The minimum absolute atomic E-state index is 0.180. The molecule has 0 bridgehead atoms. The molecule has 22 heavy (non-hydrogen) atoms. The number of aromatic nitrogens is 2. The average Bonchev–Trinajstić information content (AvgIpc) is 2.81. The number of benzene rings is 1. The summed E-state index contributed by atoms with van der Waals surface area (Å²) in [6, 6.07) is 5.54. The van der Waals surface area contributed by atoms with Gasteiger partial charge in [0.05, 0.1) is 18.1 Å². The van der Waals surface area contributed by atoms with Crippen LogP contribution in [0.4, 0.5) is 23.9 Å². The van der Waals surface area contributed by atoms with Gasteiger partial charge >= 0.3 is 12.3 Å². The molecule has 0 atom stereocenters. The molecule has 0 aliphatic carbocycles. The van der Waals surface area contributed by atoms with E-state index in [-0.39, 0.29) is 5.95 Å². The summed E-state index contributed by atoms with van der Waals surface area (Å²) in [5.74, 6) is -0.180. The molecule has 2 N–H and O–H groups in total. The lowest BCUT2D eigenvalue weighted by Gasteiger charge is -2.13. The van der Waals surface area contributed by atoms with Crippen molar-refractivity contribution in [3.05, 3.63) is 24.3 Å². The van der Waals surface area contributed by atoms with Crippen molar-refractivity contribution in [3.63, 3.8) is 0 Å². The molecule has 118 valence electrons. The Balaban J connectivity index is 2.38. The van der Waals surface area contributed by atoms with Gasteiger partial charge in [-0.25, -0.2) is 14.3 Å². The molecule has 0 saturated carbocycles. The number of hydrogen-bond acceptors (Lipinski definition) is 5. The SMILES string of the molecule is COC(=O)Nc1nc2ccccc2n1C(=N)OCC(F)(F)F. The molecule has 0 fully saturated rings. The van der Waals surface area contributed by atoms with Crippen molar-refractivity contribution >= 4 is 29.1 Å². The lowest BCUT2D eigenvalue weighted by molar-refractivity contribution is -0.156. The molecule has 2 rings (SSSR count). The van der Waals surface area contributed by atoms with Gasteiger partial charge in [-0.2, -0.15) is 13.2 Å². The maximum absolute atomic E-state index is 12.2. The first kappa shape index (κ1) is 15.6. The van der Waals surface area contributed by atoms with Crippen LogP contribution in [0, 0.1) is 5.41 Å². The summed E-state index contributed by atoms with van der Waals surface area (Å²) in [5.41, 5.74) is 0.676. The second-order valence-electron chi connectivity index (χ2n) is 4.09. The van der Waals surface area contributed by atoms with Gasteiger partial charge in [-0.15, -0.1) is 0 Å². The number of methoxy groups -OCH3 is 1. The zero-order chi connectivity index (χ0) is 16.3. The zero-order valence-corrected chi connectivity index (χ0v) is 11.3. The van der Waals surface area contributed by atoms with Gasteiger partial charge < -0.3 is 9.47 Å². The molecule has 0 aliphatic rings. The summed E-state index contributed by atoms with van der Waals surface area (Å²) in [4.78, 5) is 15.3. The predicted molar refractivity (Wildman–Crippen MR) is 70.9 cm³/mol. The first-order valence-corrected chi connectivity index (χ1v) is 5.93. The summed E-state index contributed by atoms with van der Waals surface area (Å²) in [7, 11) is 1.12. The second kappa shape index (κ2) is 5.92. The Morgan fingerprint density at radius 1 is 1.41 bits per heavy atom. The van der Waals surface area contributed by atoms with Gasteiger partial charge in [-0.3, -0.25) is 10.7 Å². The van der Waals surface area contributed by atoms with E-state index in [2.05, 4.69) is 19.8 Å². The fraction of sp³-hybridized carbons (Fsp3) is 0.250. The van der Waals surface area contributed by atoms with Crippen LogP contribution in [0.5, 0.6) is 0 Å². The van der Waals surface area contributed by atoms with Crippen LogP contribution < -0.4 is 5.32 Å². The number of imidazole rings is 1. The van der Waals surface area contributed by atoms with Crippen molar-refractivity contribution < 1.29 is 27.4 Å². The molecule has 0 aliphatic heterocycles. The van der Waals surface area contributed by atoms with Crippen LogP contribution in [0.2, 0.25) is 0 Å². The van der Waals surface area contributed by atoms with Crippen LogP contribution in [0.3, 0.4) is 0 Å². The summed E-state index contributed by atoms with van der Waals surface area (Å²) in [6.45, 7) is -1.63. The number of ether oxygens (including phenoxy) is 2. The zero-order valence-electron chi connectivity index (χ0n) is 11.3. The van der Waals surface area contributed by atoms with E-state index in [1.54, 1.807) is 18.2 Å². The van der Waals surface area contributed by atoms with Gasteiger partial charge in [-0.1, -0.05) is 12.1 Å². The Bertz CT molecular complexity index is 711. The number of fused-ring (bicyclic) bond motifs is 1. The third-order valence-electron chi connectivity index (χ3n) is 2.54. The van der Waals surface area contributed by atoms with Crippen molar-refractivity contribution in [3.8, 4) is 0 Å². The van der Waals surface area contributed by atoms with Crippen LogP contribution in [0.1, 0.15) is 0 Å². The largest absolute Gasteiger partial charge is 0.455 e. The Morgan fingerprint density at radius 2 is 2.09 bits per heavy atom. The molecule has 0 saturated heterocycles. The first-order valence-electron chi connectivity index (χ1n) is 5.93. The van der Waals surface area contributed by atoms with Gasteiger partial charge in [0, 0.05) is 0 Å². The summed E-state index contributed by atoms with van der Waals surface area (Å²) < 4.78 is 46.4. The molecule has 1 aromatic carbocycles. The molecular formula is C12H11F3N4O3. The van der Waals surface area contributed by atoms with Crippen LogP contribution in [-0.4, -0.2) is 41.6 Å². The van der Waals surface area contributed by atoms with E-state index in [1.807, 2.05) is 0 Å². The van der Waals surface area contributed by atoms with Gasteiger partial charge in [0.15, 0.2) is 6.61 Å². The highest BCUT2D eigenvalue weighted by molar-refractivity contribution is 5.95. The number of para-hydroxylation sites is 2. The number of nitrogens with one attached hydrogen (secondary N) is 2. The fourth-order valence-electron chi connectivity index (χ4n) is 1.67. The molecule has 1 amide bonds. The quantitative estimate of drug-likeness (QED) is 0.658. The average molecular weight is 316 g/mol. The lowest BCUT2D eigenvalue weighted by atomic mass is 10.3. The Kier molecular flexibility index (Phi) is 4.20. The monoisotopic (exact) mass is 316 g/mol. The van der Waals surface area contributed by atoms with Crippen LogP contribution in [0.15, 0.2) is 24.3 Å². The Morgan fingerprint density at radius 3 is 2.73 bits per heavy atom. The Labute approximate surface area is 122 Å². The summed E-state index contributed by atoms with van der Waals surface area (Å²) in [5, 5.41) is 9.88. The van der Waals surface area contributed by atoms with Crippen LogP contribution in [0.25, 0.3) is 11.0 Å². The van der Waals surface area contributed by atoms with Gasteiger partial charge in [0.1, 0.15) is 0 Å². The van der Waals surface area contributed by atoms with E-state index in [4.69, 9.17) is 5.41 Å². The van der Waals surface area contributed by atoms with E-state index in [1.165, 1.54) is 6.07 Å². The highest BCUT2D eigenvalue weighted by Crippen LogP contribution is 2.21. The normalized spacial score (nSPS) is 11.3. The predicted octanol–water partition coefficient (Wildman–Crippen LogP) is 2.58. The number of halogens is 3. The molecule has 0 spiro atoms. The minimum Gasteiger partial charge on any atom is -0.455 e. The number of nitrogens with zero attached hydrogens (tertiary/aromatic N) is 2. The molecule has 10 heteroatoms. The van der Waals surface area contributed by atoms with Crippen molar-refractivity contribution in [1.29, 1.82) is 5.41 Å². The standard InChI is InChI=1S/C12H11F3N4O3/c1-21-11(20)18-10-17-7-4-2-3-5-8(7)19(10)9(16)22-6-12(13,14)15/h2-5,16H,6H2,1H3,(H,17,18,20). The second-order valence-corrected chi connectivity index (χ2v) is 4.09. The molecule has 7 nitrogen and oxygen atoms in total. The fourth-order valence-corrected chi connectivity index (χ4v) is 1.67. The van der Waals surface area contributed by atoms with E-state index in [0.717, 1.165) is 11.7 Å². The van der Waals surface area contributed by atoms with Crippen LogP contribution >= 0.6 is 0 Å². The molecular weight excluding hydrogens is 305 g/mol. The number of carbonyl (C=O) groups is 1. The van der Waals surface area contributed by atoms with E-state index in [0.29, 0.717) is 11.0 Å². The minimum atomic E-state index is -4.58. The first-order chi connectivity index (χ1) is 10.3. The number of amides is 1. The van der Waals surface area contributed by atoms with E-state index in [9.17, 15) is 18.0 Å². The van der Waals surface area contributed by atoms with Crippen molar-refractivity contribution in [2.24, 2.45) is 0 Å². The molecule has 2 aromatic rings. The highest BCUT2D eigenvalue weighted by atomic mass is 19.4. The maximum Gasteiger partial charge on any atom is 0.422 e. The highest BCUT2D eigenvalue weighted by Gasteiger charge is 2.30. The topological polar surface area (TPSA) is 89.2 Å².